The molecule has 18 rings (SSSR count). The Morgan fingerprint density at radius 3 is 1.29 bits per heavy atom. The number of hydrogen-bond donors (Lipinski definition) is 0. The minimum Gasteiger partial charge on any atom is -0.456 e. The number of rotatable bonds is 0. The van der Waals surface area contributed by atoms with Crippen molar-refractivity contribution >= 4 is 138 Å². The van der Waals surface area contributed by atoms with Crippen LogP contribution in [0.1, 0.15) is 169 Å². The zero-order valence-electron chi connectivity index (χ0n) is 63.0. The van der Waals surface area contributed by atoms with Crippen molar-refractivity contribution in [1.29, 1.82) is 0 Å². The maximum atomic E-state index is 6.01. The summed E-state index contributed by atoms with van der Waals surface area (Å²) in [6, 6.07) is 91.2. The molecule has 0 atom stereocenters. The van der Waals surface area contributed by atoms with Crippen molar-refractivity contribution in [3.63, 3.8) is 0 Å². The average Bonchev–Trinajstić information content (AvgIpc) is 1.63. The molecule has 17 aromatic rings. The van der Waals surface area contributed by atoms with Crippen LogP contribution >= 0.6 is 34.0 Å². The number of fused-ring (bicyclic) bond motifs is 18. The van der Waals surface area contributed by atoms with Crippen LogP contribution in [-0.4, -0.2) is 0 Å². The van der Waals surface area contributed by atoms with Crippen LogP contribution in [0.3, 0.4) is 0 Å². The fraction of sp³-hybridized carbons (Fsp3) is 0.258. The monoisotopic (exact) mass is 1390 g/mol. The third kappa shape index (κ3) is 14.8. The lowest BCUT2D eigenvalue weighted by molar-refractivity contribution is 0.573. The molecule has 516 valence electrons. The lowest BCUT2D eigenvalue weighted by Crippen LogP contribution is -2.11. The van der Waals surface area contributed by atoms with Crippen molar-refractivity contribution in [2.75, 3.05) is 0 Å². The minimum absolute atomic E-state index is 0.105. The number of para-hydroxylation sites is 3. The van der Waals surface area contributed by atoms with E-state index < -0.39 is 0 Å². The predicted molar refractivity (Wildman–Crippen MR) is 452 cm³/mol. The van der Waals surface area contributed by atoms with Crippen molar-refractivity contribution in [2.45, 2.75) is 164 Å². The van der Waals surface area contributed by atoms with E-state index in [9.17, 15) is 0 Å². The molecule has 2 nitrogen and oxygen atoms in total. The first kappa shape index (κ1) is 71.3. The van der Waals surface area contributed by atoms with Crippen LogP contribution in [0.4, 0.5) is 0 Å². The van der Waals surface area contributed by atoms with Gasteiger partial charge in [0.15, 0.2) is 0 Å². The molecular weight excluding hydrogens is 1290 g/mol. The molecule has 5 heterocycles. The molecule has 0 fully saturated rings. The first-order valence-corrected chi connectivity index (χ1v) is 38.6. The van der Waals surface area contributed by atoms with E-state index >= 15 is 0 Å². The van der Waals surface area contributed by atoms with Gasteiger partial charge in [0.05, 0.1) is 0 Å². The number of hydrogen-bond acceptors (Lipinski definition) is 5. The first-order chi connectivity index (χ1) is 48.4. The zero-order chi connectivity index (χ0) is 72.3. The van der Waals surface area contributed by atoms with Crippen LogP contribution < -0.4 is 0 Å². The van der Waals surface area contributed by atoms with Gasteiger partial charge in [-0.1, -0.05) is 325 Å². The summed E-state index contributed by atoms with van der Waals surface area (Å²) >= 11 is 5.69. The molecular formula is C97H98O2S3. The van der Waals surface area contributed by atoms with Gasteiger partial charge in [-0.3, -0.25) is 0 Å². The van der Waals surface area contributed by atoms with E-state index in [0.29, 0.717) is 0 Å². The number of thiophene rings is 3. The Balaban J connectivity index is 0.000000109. The van der Waals surface area contributed by atoms with E-state index in [2.05, 4.69) is 349 Å². The molecule has 5 heteroatoms. The van der Waals surface area contributed by atoms with Crippen molar-refractivity contribution < 1.29 is 8.83 Å². The smallest absolute Gasteiger partial charge is 0.139 e. The van der Waals surface area contributed by atoms with Gasteiger partial charge in [-0.05, 0) is 144 Å². The van der Waals surface area contributed by atoms with Crippen LogP contribution in [0.2, 0.25) is 0 Å². The molecule has 102 heavy (non-hydrogen) atoms. The Labute approximate surface area is 616 Å². The van der Waals surface area contributed by atoms with Crippen LogP contribution in [0.25, 0.3) is 116 Å². The van der Waals surface area contributed by atoms with Crippen molar-refractivity contribution in [3.05, 3.63) is 299 Å². The maximum Gasteiger partial charge on any atom is 0.139 e. The molecule has 1 aliphatic carbocycles. The van der Waals surface area contributed by atoms with E-state index in [4.69, 9.17) is 8.83 Å². The summed E-state index contributed by atoms with van der Waals surface area (Å²) in [4.78, 5) is 0. The molecule has 0 N–H and O–H groups in total. The zero-order valence-corrected chi connectivity index (χ0v) is 65.4. The van der Waals surface area contributed by atoms with Gasteiger partial charge >= 0.3 is 0 Å². The second-order valence-electron chi connectivity index (χ2n) is 33.6. The topological polar surface area (TPSA) is 26.3 Å². The van der Waals surface area contributed by atoms with Gasteiger partial charge in [-0.25, -0.2) is 0 Å². The van der Waals surface area contributed by atoms with E-state index in [1.807, 2.05) is 64.3 Å². The summed E-state index contributed by atoms with van der Waals surface area (Å²) in [5.41, 5.74) is 19.2. The largest absolute Gasteiger partial charge is 0.456 e. The molecule has 0 aliphatic heterocycles. The normalized spacial score (nSPS) is 12.6. The Kier molecular flexibility index (Phi) is 19.5. The third-order valence-electron chi connectivity index (χ3n) is 19.7. The highest BCUT2D eigenvalue weighted by Gasteiger charge is 2.26. The fourth-order valence-electron chi connectivity index (χ4n) is 14.3. The van der Waals surface area contributed by atoms with Gasteiger partial charge in [-0.2, -0.15) is 0 Å². The maximum absolute atomic E-state index is 6.01. The summed E-state index contributed by atoms with van der Waals surface area (Å²) < 4.78 is 20.3. The SMILES string of the molecule is CC(C)(C)c1ccc2c(c1)Cc1ccccc1-2.CC(C)(C)c1ccc2sc3ccccc3c2c1.CC(C)(C)c1cccc2c1oc1ccccc12.CC(C)(C)c1cccc2c1sc1ccccc12.CC(C)(C)c1cccc2oc3ccccc3c12.CC(C)(C)c1cccc2sc3ccccc3c12. The molecule has 5 aromatic heterocycles. The standard InChI is InChI=1S/C17H18.2C16H16O.3C16H16S/c1-17(2,3)14-8-9-16-13(11-14)10-12-6-4-5-7-15(12)16;1-16(2,3)13-9-6-8-12-11-7-4-5-10-14(11)17-15(12)13;1-16(2,3)12-8-6-10-14-15(12)11-7-4-5-9-13(11)17-14;1-16(2,3)13-9-6-8-12-11-7-4-5-10-14(11)17-15(12)13;1-16(2,3)12-8-6-10-14-15(12)11-7-4-5-9-13(11)17-14;1-16(2,3)11-8-9-15-13(10-11)12-6-4-5-7-14(12)17-15/h4-9,11H,10H2,1-3H3;5*4-10H,1-3H3. The quantitative estimate of drug-likeness (QED) is 0.151. The summed E-state index contributed by atoms with van der Waals surface area (Å²) in [5, 5.41) is 13.3. The average molecular weight is 1390 g/mol. The van der Waals surface area contributed by atoms with Gasteiger partial charge in [-0.15, -0.1) is 34.0 Å². The Hall–Kier alpha value is -9.10. The van der Waals surface area contributed by atoms with E-state index in [1.54, 1.807) is 0 Å². The molecule has 0 bridgehead atoms. The summed E-state index contributed by atoms with van der Waals surface area (Å²) in [6.07, 6.45) is 1.09. The molecule has 0 saturated heterocycles. The van der Waals surface area contributed by atoms with Gasteiger partial charge in [0.2, 0.25) is 0 Å². The van der Waals surface area contributed by atoms with Gasteiger partial charge in [0.25, 0.3) is 0 Å². The van der Waals surface area contributed by atoms with Crippen molar-refractivity contribution in [3.8, 4) is 11.1 Å². The lowest BCUT2D eigenvalue weighted by atomic mass is 9.84. The van der Waals surface area contributed by atoms with Gasteiger partial charge < -0.3 is 8.83 Å². The summed E-state index contributed by atoms with van der Waals surface area (Å²) in [6.45, 7) is 40.7. The molecule has 0 unspecified atom stereocenters. The van der Waals surface area contributed by atoms with Crippen molar-refractivity contribution in [2.24, 2.45) is 0 Å². The van der Waals surface area contributed by atoms with Gasteiger partial charge in [0, 0.05) is 87.6 Å². The van der Waals surface area contributed by atoms with Crippen LogP contribution in [-0.2, 0) is 38.9 Å². The van der Waals surface area contributed by atoms with Gasteiger partial charge in [0.1, 0.15) is 22.3 Å². The fourth-order valence-corrected chi connectivity index (χ4v) is 17.9. The summed E-state index contributed by atoms with van der Waals surface area (Å²) in [7, 11) is 0. The first-order valence-electron chi connectivity index (χ1n) is 36.2. The molecule has 0 radical (unpaired) electrons. The Morgan fingerprint density at radius 2 is 0.657 bits per heavy atom. The van der Waals surface area contributed by atoms with Crippen LogP contribution in [0.15, 0.2) is 264 Å². The Morgan fingerprint density at radius 1 is 0.245 bits per heavy atom. The second kappa shape index (κ2) is 27.9. The summed E-state index contributed by atoms with van der Waals surface area (Å²) in [5.74, 6) is 0. The second-order valence-corrected chi connectivity index (χ2v) is 36.8. The number of furan rings is 2. The molecule has 0 spiro atoms. The third-order valence-corrected chi connectivity index (χ3v) is 23.3. The van der Waals surface area contributed by atoms with Crippen LogP contribution in [0.5, 0.6) is 0 Å². The molecule has 0 amide bonds. The molecule has 0 saturated carbocycles. The molecule has 1 aliphatic rings. The molecule has 12 aromatic carbocycles. The lowest BCUT2D eigenvalue weighted by Gasteiger charge is -2.20. The van der Waals surface area contributed by atoms with Crippen molar-refractivity contribution in [1.82, 2.24) is 0 Å². The minimum atomic E-state index is 0.105. The van der Waals surface area contributed by atoms with E-state index in [1.165, 1.54) is 138 Å². The predicted octanol–water partition coefficient (Wildman–Crippen LogP) is 30.4. The highest BCUT2D eigenvalue weighted by molar-refractivity contribution is 7.26. The van der Waals surface area contributed by atoms with Crippen LogP contribution in [0, 0.1) is 0 Å². The number of benzene rings is 12. The highest BCUT2D eigenvalue weighted by atomic mass is 32.1. The van der Waals surface area contributed by atoms with E-state index in [0.717, 1.165) is 28.8 Å². The van der Waals surface area contributed by atoms with E-state index in [-0.39, 0.29) is 32.5 Å². The highest BCUT2D eigenvalue weighted by Crippen LogP contribution is 2.45. The Bertz CT molecular complexity index is 5590.